The zero-order valence-corrected chi connectivity index (χ0v) is 9.92. The molecule has 1 N–H and O–H groups in total. The molecule has 4 nitrogen and oxygen atoms in total. The van der Waals surface area contributed by atoms with Crippen LogP contribution in [0.2, 0.25) is 0 Å². The molecule has 0 aliphatic heterocycles. The van der Waals surface area contributed by atoms with Gasteiger partial charge in [-0.25, -0.2) is 4.79 Å². The predicted molar refractivity (Wildman–Crippen MR) is 63.8 cm³/mol. The fraction of sp³-hybridized carbons (Fsp3) is 0.308. The van der Waals surface area contributed by atoms with Gasteiger partial charge in [-0.15, -0.1) is 0 Å². The van der Waals surface area contributed by atoms with Crippen LogP contribution in [0.25, 0.3) is 5.57 Å². The summed E-state index contributed by atoms with van der Waals surface area (Å²) in [5.74, 6) is -0.565. The Morgan fingerprint density at radius 3 is 2.41 bits per heavy atom. The van der Waals surface area contributed by atoms with Crippen molar-refractivity contribution < 1.29 is 19.4 Å². The van der Waals surface area contributed by atoms with E-state index < -0.39 is 18.5 Å². The highest BCUT2D eigenvalue weighted by Gasteiger charge is 2.15. The zero-order chi connectivity index (χ0) is 12.8. The van der Waals surface area contributed by atoms with Crippen LogP contribution < -0.4 is 0 Å². The molecule has 17 heavy (non-hydrogen) atoms. The second-order valence-corrected chi connectivity index (χ2v) is 3.55. The number of esters is 1. The van der Waals surface area contributed by atoms with Gasteiger partial charge in [0.2, 0.25) is 6.29 Å². The van der Waals surface area contributed by atoms with Gasteiger partial charge in [-0.3, -0.25) is 0 Å². The number of ether oxygens (including phenoxy) is 2. The molecule has 0 spiro atoms. The smallest absolute Gasteiger partial charge is 0.340 e. The van der Waals surface area contributed by atoms with Crippen molar-refractivity contribution in [3.63, 3.8) is 0 Å². The van der Waals surface area contributed by atoms with E-state index in [9.17, 15) is 4.79 Å². The van der Waals surface area contributed by atoms with Crippen molar-refractivity contribution in [1.82, 2.24) is 0 Å². The number of hydrogen-bond acceptors (Lipinski definition) is 4. The number of carbonyl (C=O) groups excluding carboxylic acids is 1. The third kappa shape index (κ3) is 4.38. The normalized spacial score (nSPS) is 13.8. The van der Waals surface area contributed by atoms with Crippen molar-refractivity contribution in [2.24, 2.45) is 0 Å². The average Bonchev–Trinajstić information content (AvgIpc) is 2.28. The van der Waals surface area contributed by atoms with Crippen LogP contribution in [0.1, 0.15) is 19.4 Å². The summed E-state index contributed by atoms with van der Waals surface area (Å²) < 4.78 is 9.83. The molecule has 92 valence electrons. The van der Waals surface area contributed by atoms with E-state index in [1.54, 1.807) is 12.1 Å². The predicted octanol–water partition coefficient (Wildman–Crippen LogP) is 1.94. The Morgan fingerprint density at radius 1 is 1.29 bits per heavy atom. The summed E-state index contributed by atoms with van der Waals surface area (Å²) in [4.78, 5) is 11.7. The van der Waals surface area contributed by atoms with E-state index in [4.69, 9.17) is 14.6 Å². The third-order valence-electron chi connectivity index (χ3n) is 2.03. The molecule has 0 radical (unpaired) electrons. The number of aliphatic hydroxyl groups excluding tert-OH is 1. The Labute approximate surface area is 100 Å². The van der Waals surface area contributed by atoms with Crippen molar-refractivity contribution in [2.75, 3.05) is 0 Å². The number of rotatable bonds is 5. The van der Waals surface area contributed by atoms with Crippen LogP contribution in [0, 0.1) is 0 Å². The molecule has 0 amide bonds. The summed E-state index contributed by atoms with van der Waals surface area (Å²) in [6, 6.07) is 9.00. The first-order chi connectivity index (χ1) is 8.00. The average molecular weight is 236 g/mol. The van der Waals surface area contributed by atoms with Crippen LogP contribution in [0.15, 0.2) is 36.9 Å². The van der Waals surface area contributed by atoms with Gasteiger partial charge in [0.05, 0.1) is 5.57 Å². The van der Waals surface area contributed by atoms with Gasteiger partial charge < -0.3 is 14.6 Å². The minimum absolute atomic E-state index is 0.256. The van der Waals surface area contributed by atoms with Crippen LogP contribution in [0.3, 0.4) is 0 Å². The van der Waals surface area contributed by atoms with Crippen LogP contribution >= 0.6 is 0 Å². The monoisotopic (exact) mass is 236 g/mol. The van der Waals surface area contributed by atoms with E-state index in [0.29, 0.717) is 5.56 Å². The van der Waals surface area contributed by atoms with Crippen molar-refractivity contribution in [1.29, 1.82) is 0 Å². The number of carbonyl (C=O) groups is 1. The Bertz CT molecular complexity index is 384. The Hall–Kier alpha value is -1.65. The van der Waals surface area contributed by atoms with E-state index in [1.807, 2.05) is 18.2 Å². The molecule has 0 saturated carbocycles. The number of hydrogen-bond donors (Lipinski definition) is 1. The molecule has 0 saturated heterocycles. The maximum Gasteiger partial charge on any atom is 0.340 e. The lowest BCUT2D eigenvalue weighted by molar-refractivity contribution is -0.210. The number of aliphatic hydroxyl groups is 1. The lowest BCUT2D eigenvalue weighted by Gasteiger charge is -2.16. The van der Waals surface area contributed by atoms with Crippen LogP contribution in [0.4, 0.5) is 0 Å². The Morgan fingerprint density at radius 2 is 1.88 bits per heavy atom. The van der Waals surface area contributed by atoms with E-state index in [1.165, 1.54) is 13.8 Å². The molecular formula is C13H16O4. The third-order valence-corrected chi connectivity index (χ3v) is 2.03. The topological polar surface area (TPSA) is 55.8 Å². The van der Waals surface area contributed by atoms with E-state index in [0.717, 1.165) is 0 Å². The fourth-order valence-electron chi connectivity index (χ4n) is 1.28. The molecule has 1 rings (SSSR count). The molecule has 4 heteroatoms. The first-order valence-electron chi connectivity index (χ1n) is 5.29. The molecule has 0 bridgehead atoms. The van der Waals surface area contributed by atoms with E-state index >= 15 is 0 Å². The molecule has 2 unspecified atom stereocenters. The highest BCUT2D eigenvalue weighted by atomic mass is 16.7. The zero-order valence-electron chi connectivity index (χ0n) is 9.92. The lowest BCUT2D eigenvalue weighted by Crippen LogP contribution is -2.23. The maximum absolute atomic E-state index is 11.7. The SMILES string of the molecule is C=C(C(=O)OC(C)OC(C)O)c1ccccc1. The summed E-state index contributed by atoms with van der Waals surface area (Å²) in [6.45, 7) is 6.64. The maximum atomic E-state index is 11.7. The van der Waals surface area contributed by atoms with Gasteiger partial charge in [0, 0.05) is 0 Å². The van der Waals surface area contributed by atoms with Crippen LogP contribution in [0.5, 0.6) is 0 Å². The summed E-state index contributed by atoms with van der Waals surface area (Å²) in [5.41, 5.74) is 0.952. The van der Waals surface area contributed by atoms with Gasteiger partial charge in [0.25, 0.3) is 0 Å². The second-order valence-electron chi connectivity index (χ2n) is 3.55. The van der Waals surface area contributed by atoms with E-state index in [2.05, 4.69) is 6.58 Å². The minimum atomic E-state index is -0.984. The minimum Gasteiger partial charge on any atom is -0.432 e. The molecule has 2 atom stereocenters. The van der Waals surface area contributed by atoms with Gasteiger partial charge in [-0.05, 0) is 19.4 Å². The van der Waals surface area contributed by atoms with Crippen molar-refractivity contribution >= 4 is 11.5 Å². The van der Waals surface area contributed by atoms with Crippen molar-refractivity contribution in [3.05, 3.63) is 42.5 Å². The summed E-state index contributed by atoms with van der Waals surface area (Å²) >= 11 is 0. The van der Waals surface area contributed by atoms with Gasteiger partial charge in [0.15, 0.2) is 6.29 Å². The first-order valence-corrected chi connectivity index (χ1v) is 5.29. The summed E-state index contributed by atoms with van der Waals surface area (Å²) in [5, 5.41) is 8.96. The molecule has 1 aromatic carbocycles. The Balaban J connectivity index is 2.57. The molecule has 1 aromatic rings. The molecule has 0 aliphatic rings. The van der Waals surface area contributed by atoms with Gasteiger partial charge >= 0.3 is 5.97 Å². The van der Waals surface area contributed by atoms with Crippen molar-refractivity contribution in [3.8, 4) is 0 Å². The molecule has 0 fully saturated rings. The Kier molecular flexibility index (Phi) is 4.87. The lowest BCUT2D eigenvalue weighted by atomic mass is 10.1. The van der Waals surface area contributed by atoms with Crippen LogP contribution in [-0.4, -0.2) is 23.7 Å². The van der Waals surface area contributed by atoms with Gasteiger partial charge in [-0.2, -0.15) is 0 Å². The summed E-state index contributed by atoms with van der Waals surface area (Å²) in [7, 11) is 0. The molecular weight excluding hydrogens is 220 g/mol. The number of benzene rings is 1. The standard InChI is InChI=1S/C13H16O4/c1-9(12-7-5-4-6-8-12)13(15)17-11(3)16-10(2)14/h4-8,10-11,14H,1H2,2-3H3. The van der Waals surface area contributed by atoms with E-state index in [-0.39, 0.29) is 5.57 Å². The molecule has 0 aliphatic carbocycles. The fourth-order valence-corrected chi connectivity index (χ4v) is 1.28. The first kappa shape index (κ1) is 13.4. The van der Waals surface area contributed by atoms with Crippen LogP contribution in [-0.2, 0) is 14.3 Å². The second kappa shape index (κ2) is 6.18. The van der Waals surface area contributed by atoms with Gasteiger partial charge in [0.1, 0.15) is 0 Å². The highest BCUT2D eigenvalue weighted by Crippen LogP contribution is 2.14. The summed E-state index contributed by atoms with van der Waals surface area (Å²) in [6.07, 6.45) is -1.80. The quantitative estimate of drug-likeness (QED) is 0.482. The highest BCUT2D eigenvalue weighted by molar-refractivity contribution is 6.15. The van der Waals surface area contributed by atoms with Crippen molar-refractivity contribution in [2.45, 2.75) is 26.4 Å². The van der Waals surface area contributed by atoms with Gasteiger partial charge in [-0.1, -0.05) is 36.9 Å². The molecule has 0 heterocycles. The largest absolute Gasteiger partial charge is 0.432 e. The molecule has 0 aromatic heterocycles.